The largest absolute Gasteiger partial charge is 0.310 e. The average molecular weight is 312 g/mol. The molecule has 0 unspecified atom stereocenters. The maximum Gasteiger partial charge on any atom is 0.245 e. The zero-order chi connectivity index (χ0) is 15.0. The first-order chi connectivity index (χ1) is 9.98. The number of sulfonamides is 1. The van der Waals surface area contributed by atoms with Crippen molar-refractivity contribution in [2.45, 2.75) is 55.6 Å². The molecule has 0 heterocycles. The third kappa shape index (κ3) is 3.12. The molecule has 21 heavy (non-hydrogen) atoms. The van der Waals surface area contributed by atoms with Crippen molar-refractivity contribution in [2.75, 3.05) is 7.05 Å². The van der Waals surface area contributed by atoms with Crippen molar-refractivity contribution in [3.63, 3.8) is 0 Å². The van der Waals surface area contributed by atoms with Gasteiger partial charge < -0.3 is 5.32 Å². The first-order valence-corrected chi connectivity index (χ1v) is 8.92. The second-order valence-corrected chi connectivity index (χ2v) is 7.99. The molecular formula is C15H21FN2O2S. The van der Waals surface area contributed by atoms with Gasteiger partial charge in [0.05, 0.1) is 0 Å². The van der Waals surface area contributed by atoms with E-state index in [9.17, 15) is 12.8 Å². The summed E-state index contributed by atoms with van der Waals surface area (Å²) in [6.07, 6.45) is 5.10. The van der Waals surface area contributed by atoms with Gasteiger partial charge in [-0.2, -0.15) is 4.31 Å². The Kier molecular flexibility index (Phi) is 4.03. The molecule has 0 atom stereocenters. The summed E-state index contributed by atoms with van der Waals surface area (Å²) < 4.78 is 40.4. The van der Waals surface area contributed by atoms with E-state index in [2.05, 4.69) is 5.32 Å². The van der Waals surface area contributed by atoms with Gasteiger partial charge in [0.1, 0.15) is 10.7 Å². The number of nitrogens with zero attached hydrogens (tertiary/aromatic N) is 1. The molecule has 0 aliphatic heterocycles. The lowest BCUT2D eigenvalue weighted by Gasteiger charge is -2.33. The molecule has 1 aromatic rings. The van der Waals surface area contributed by atoms with E-state index in [1.165, 1.54) is 29.3 Å². The van der Waals surface area contributed by atoms with Crippen molar-refractivity contribution < 1.29 is 12.8 Å². The van der Waals surface area contributed by atoms with Gasteiger partial charge in [-0.3, -0.25) is 0 Å². The van der Waals surface area contributed by atoms with Crippen LogP contribution in [-0.2, 0) is 16.6 Å². The molecule has 116 valence electrons. The van der Waals surface area contributed by atoms with Crippen molar-refractivity contribution in [3.05, 3.63) is 29.6 Å². The zero-order valence-electron chi connectivity index (χ0n) is 12.2. The van der Waals surface area contributed by atoms with Crippen LogP contribution in [0.25, 0.3) is 0 Å². The van der Waals surface area contributed by atoms with Crippen LogP contribution in [0.2, 0.25) is 0 Å². The molecule has 2 aliphatic carbocycles. The second kappa shape index (κ2) is 5.66. The van der Waals surface area contributed by atoms with E-state index in [1.54, 1.807) is 13.1 Å². The van der Waals surface area contributed by atoms with Gasteiger partial charge in [0, 0.05) is 25.7 Å². The topological polar surface area (TPSA) is 49.4 Å². The lowest BCUT2D eigenvalue weighted by atomic mass is 9.94. The fourth-order valence-corrected chi connectivity index (χ4v) is 3.97. The van der Waals surface area contributed by atoms with Crippen LogP contribution in [0.15, 0.2) is 23.1 Å². The molecule has 4 nitrogen and oxygen atoms in total. The number of hydrogen-bond donors (Lipinski definition) is 1. The fraction of sp³-hybridized carbons (Fsp3) is 0.600. The molecule has 6 heteroatoms. The van der Waals surface area contributed by atoms with Gasteiger partial charge in [0.15, 0.2) is 0 Å². The Balaban J connectivity index is 1.77. The zero-order valence-corrected chi connectivity index (χ0v) is 13.0. The number of rotatable bonds is 6. The van der Waals surface area contributed by atoms with E-state index in [0.717, 1.165) is 24.8 Å². The molecule has 1 N–H and O–H groups in total. The van der Waals surface area contributed by atoms with Crippen LogP contribution < -0.4 is 5.32 Å². The number of nitrogens with one attached hydrogen (secondary N) is 1. The van der Waals surface area contributed by atoms with E-state index in [4.69, 9.17) is 0 Å². The predicted molar refractivity (Wildman–Crippen MR) is 78.8 cm³/mol. The van der Waals surface area contributed by atoms with Gasteiger partial charge in [0.25, 0.3) is 0 Å². The van der Waals surface area contributed by atoms with Crippen molar-refractivity contribution in [1.82, 2.24) is 9.62 Å². The molecule has 0 spiro atoms. The Bertz CT molecular complexity index is 625. The van der Waals surface area contributed by atoms with Crippen LogP contribution in [0.1, 0.15) is 37.7 Å². The Labute approximate surface area is 125 Å². The van der Waals surface area contributed by atoms with Crippen molar-refractivity contribution in [2.24, 2.45) is 0 Å². The molecule has 2 saturated carbocycles. The number of benzene rings is 1. The normalized spacial score (nSPS) is 19.8. The monoisotopic (exact) mass is 312 g/mol. The van der Waals surface area contributed by atoms with Gasteiger partial charge >= 0.3 is 0 Å². The maximum absolute atomic E-state index is 14.2. The van der Waals surface area contributed by atoms with Crippen LogP contribution >= 0.6 is 0 Å². The Hall–Kier alpha value is -0.980. The first-order valence-electron chi connectivity index (χ1n) is 7.48. The van der Waals surface area contributed by atoms with E-state index in [-0.39, 0.29) is 10.9 Å². The Morgan fingerprint density at radius 1 is 1.29 bits per heavy atom. The molecule has 0 amide bonds. The van der Waals surface area contributed by atoms with Gasteiger partial charge in [-0.25, -0.2) is 12.8 Å². The minimum atomic E-state index is -3.73. The quantitative estimate of drug-likeness (QED) is 0.876. The van der Waals surface area contributed by atoms with Crippen LogP contribution in [0.4, 0.5) is 4.39 Å². The molecule has 0 saturated heterocycles. The van der Waals surface area contributed by atoms with Gasteiger partial charge in [-0.1, -0.05) is 12.5 Å². The molecule has 2 aliphatic rings. The summed E-state index contributed by atoms with van der Waals surface area (Å²) in [6, 6.07) is 4.98. The van der Waals surface area contributed by atoms with Gasteiger partial charge in [-0.05, 0) is 43.4 Å². The van der Waals surface area contributed by atoms with Crippen molar-refractivity contribution in [1.29, 1.82) is 0 Å². The summed E-state index contributed by atoms with van der Waals surface area (Å²) in [4.78, 5) is -0.216. The molecule has 1 aromatic carbocycles. The molecule has 0 aromatic heterocycles. The molecular weight excluding hydrogens is 291 g/mol. The minimum Gasteiger partial charge on any atom is -0.310 e. The standard InChI is InChI=1S/C15H21FN2O2S/c1-18(13-3-2-4-13)21(19,20)15-8-5-11(9-14(15)16)10-17-12-6-7-12/h5,8-9,12-13,17H,2-4,6-7,10H2,1H3. The Morgan fingerprint density at radius 2 is 2.00 bits per heavy atom. The first kappa shape index (κ1) is 14.9. The maximum atomic E-state index is 14.2. The van der Waals surface area contributed by atoms with Crippen LogP contribution in [0, 0.1) is 5.82 Å². The molecule has 2 fully saturated rings. The van der Waals surface area contributed by atoms with E-state index >= 15 is 0 Å². The highest BCUT2D eigenvalue weighted by atomic mass is 32.2. The van der Waals surface area contributed by atoms with E-state index in [1.807, 2.05) is 0 Å². The summed E-state index contributed by atoms with van der Waals surface area (Å²) in [5.41, 5.74) is 0.782. The highest BCUT2D eigenvalue weighted by molar-refractivity contribution is 7.89. The summed E-state index contributed by atoms with van der Waals surface area (Å²) >= 11 is 0. The third-order valence-electron chi connectivity index (χ3n) is 4.41. The van der Waals surface area contributed by atoms with Gasteiger partial charge in [0.2, 0.25) is 10.0 Å². The SMILES string of the molecule is CN(C1CCC1)S(=O)(=O)c1ccc(CNC2CC2)cc1F. The molecule has 3 rings (SSSR count). The fourth-order valence-electron chi connectivity index (χ4n) is 2.51. The summed E-state index contributed by atoms with van der Waals surface area (Å²) in [7, 11) is -2.18. The summed E-state index contributed by atoms with van der Waals surface area (Å²) in [6.45, 7) is 0.584. The Morgan fingerprint density at radius 3 is 2.52 bits per heavy atom. The van der Waals surface area contributed by atoms with Crippen LogP contribution in [0.3, 0.4) is 0 Å². The second-order valence-electron chi connectivity index (χ2n) is 6.03. The third-order valence-corrected chi connectivity index (χ3v) is 6.36. The average Bonchev–Trinajstić information content (AvgIpc) is 3.18. The van der Waals surface area contributed by atoms with E-state index in [0.29, 0.717) is 12.6 Å². The predicted octanol–water partition coefficient (Wildman–Crippen LogP) is 2.25. The van der Waals surface area contributed by atoms with Crippen molar-refractivity contribution in [3.8, 4) is 0 Å². The van der Waals surface area contributed by atoms with E-state index < -0.39 is 15.8 Å². The summed E-state index contributed by atoms with van der Waals surface area (Å²) in [5, 5.41) is 3.29. The smallest absolute Gasteiger partial charge is 0.245 e. The summed E-state index contributed by atoms with van der Waals surface area (Å²) in [5.74, 6) is -0.656. The lowest BCUT2D eigenvalue weighted by Crippen LogP contribution is -2.41. The highest BCUT2D eigenvalue weighted by Crippen LogP contribution is 2.29. The lowest BCUT2D eigenvalue weighted by molar-refractivity contribution is 0.249. The highest BCUT2D eigenvalue weighted by Gasteiger charge is 2.33. The molecule has 0 bridgehead atoms. The van der Waals surface area contributed by atoms with Gasteiger partial charge in [-0.15, -0.1) is 0 Å². The number of hydrogen-bond acceptors (Lipinski definition) is 3. The molecule has 0 radical (unpaired) electrons. The minimum absolute atomic E-state index is 0.0191. The van der Waals surface area contributed by atoms with Crippen LogP contribution in [-0.4, -0.2) is 31.9 Å². The van der Waals surface area contributed by atoms with Crippen LogP contribution in [0.5, 0.6) is 0 Å². The van der Waals surface area contributed by atoms with Crippen molar-refractivity contribution >= 4 is 10.0 Å². The number of halogens is 1.